The van der Waals surface area contributed by atoms with Crippen molar-refractivity contribution in [3.05, 3.63) is 71.6 Å². The van der Waals surface area contributed by atoms with Crippen LogP contribution in [0.3, 0.4) is 0 Å². The van der Waals surface area contributed by atoms with E-state index < -0.39 is 5.97 Å². The van der Waals surface area contributed by atoms with Crippen LogP contribution in [0, 0.1) is 6.92 Å². The summed E-state index contributed by atoms with van der Waals surface area (Å²) in [5, 5.41) is 0. The molecule has 0 spiro atoms. The summed E-state index contributed by atoms with van der Waals surface area (Å²) >= 11 is 0. The van der Waals surface area contributed by atoms with Gasteiger partial charge in [-0.15, -0.1) is 0 Å². The first kappa shape index (κ1) is 14.8. The minimum atomic E-state index is -0.476. The number of benzene rings is 2. The van der Waals surface area contributed by atoms with Crippen molar-refractivity contribution in [3.8, 4) is 11.5 Å². The van der Waals surface area contributed by atoms with Gasteiger partial charge < -0.3 is 14.9 Å². The first-order valence-electron chi connectivity index (χ1n) is 7.17. The molecule has 3 rings (SSSR count). The van der Waals surface area contributed by atoms with Crippen LogP contribution in [0.4, 0.5) is 5.69 Å². The van der Waals surface area contributed by atoms with Crippen LogP contribution in [-0.2, 0) is 11.3 Å². The minimum Gasteiger partial charge on any atom is -0.455 e. The smallest absolute Gasteiger partial charge is 0.340 e. The Morgan fingerprint density at radius 2 is 1.96 bits per heavy atom. The topological polar surface area (TPSA) is 78.3 Å². The van der Waals surface area contributed by atoms with Crippen molar-refractivity contribution in [2.45, 2.75) is 13.5 Å². The SMILES string of the molecule is Cc1cccc(C(=O)OCc2coc(-c3ccccc3)n2)c1N. The van der Waals surface area contributed by atoms with Gasteiger partial charge in [0, 0.05) is 11.3 Å². The fourth-order valence-electron chi connectivity index (χ4n) is 2.16. The minimum absolute atomic E-state index is 0.0303. The van der Waals surface area contributed by atoms with Crippen molar-refractivity contribution < 1.29 is 13.9 Å². The van der Waals surface area contributed by atoms with Gasteiger partial charge in [0.25, 0.3) is 0 Å². The van der Waals surface area contributed by atoms with E-state index >= 15 is 0 Å². The normalized spacial score (nSPS) is 10.5. The zero-order chi connectivity index (χ0) is 16.2. The first-order chi connectivity index (χ1) is 11.1. The lowest BCUT2D eigenvalue weighted by molar-refractivity contribution is 0.0469. The summed E-state index contributed by atoms with van der Waals surface area (Å²) in [7, 11) is 0. The Hall–Kier alpha value is -3.08. The van der Waals surface area contributed by atoms with Gasteiger partial charge >= 0.3 is 5.97 Å². The Morgan fingerprint density at radius 1 is 1.17 bits per heavy atom. The molecule has 5 heteroatoms. The van der Waals surface area contributed by atoms with Crippen LogP contribution < -0.4 is 5.73 Å². The molecule has 3 aromatic rings. The van der Waals surface area contributed by atoms with Crippen molar-refractivity contribution >= 4 is 11.7 Å². The van der Waals surface area contributed by atoms with Gasteiger partial charge in [-0.05, 0) is 30.7 Å². The quantitative estimate of drug-likeness (QED) is 0.588. The predicted molar refractivity (Wildman–Crippen MR) is 86.6 cm³/mol. The van der Waals surface area contributed by atoms with Gasteiger partial charge in [0.2, 0.25) is 5.89 Å². The molecule has 116 valence electrons. The maximum absolute atomic E-state index is 12.1. The number of aryl methyl sites for hydroxylation is 1. The molecule has 0 bridgehead atoms. The van der Waals surface area contributed by atoms with Crippen LogP contribution >= 0.6 is 0 Å². The average Bonchev–Trinajstić information content (AvgIpc) is 3.05. The molecule has 0 unspecified atom stereocenters. The van der Waals surface area contributed by atoms with Gasteiger partial charge in [0.05, 0.1) is 5.56 Å². The van der Waals surface area contributed by atoms with Crippen molar-refractivity contribution in [3.63, 3.8) is 0 Å². The Morgan fingerprint density at radius 3 is 2.74 bits per heavy atom. The van der Waals surface area contributed by atoms with E-state index in [1.807, 2.05) is 43.3 Å². The zero-order valence-corrected chi connectivity index (χ0v) is 12.7. The lowest BCUT2D eigenvalue weighted by Crippen LogP contribution is -2.09. The molecule has 0 fully saturated rings. The molecule has 0 aliphatic carbocycles. The first-order valence-corrected chi connectivity index (χ1v) is 7.17. The fraction of sp³-hybridized carbons (Fsp3) is 0.111. The fourth-order valence-corrected chi connectivity index (χ4v) is 2.16. The number of nitrogens with zero attached hydrogens (tertiary/aromatic N) is 1. The number of carbonyl (C=O) groups is 1. The standard InChI is InChI=1S/C18H16N2O3/c1-12-6-5-9-15(16(12)19)18(21)23-11-14-10-22-17(20-14)13-7-3-2-4-8-13/h2-10H,11,19H2,1H3. The number of anilines is 1. The Labute approximate surface area is 133 Å². The van der Waals surface area contributed by atoms with Crippen LogP contribution in [0.25, 0.3) is 11.5 Å². The van der Waals surface area contributed by atoms with Crippen molar-refractivity contribution in [1.29, 1.82) is 0 Å². The molecular weight excluding hydrogens is 292 g/mol. The van der Waals surface area contributed by atoms with Gasteiger partial charge in [-0.3, -0.25) is 0 Å². The average molecular weight is 308 g/mol. The highest BCUT2D eigenvalue weighted by molar-refractivity contribution is 5.95. The molecule has 1 heterocycles. The highest BCUT2D eigenvalue weighted by Gasteiger charge is 2.14. The van der Waals surface area contributed by atoms with E-state index in [9.17, 15) is 4.79 Å². The van der Waals surface area contributed by atoms with E-state index in [4.69, 9.17) is 14.9 Å². The van der Waals surface area contributed by atoms with E-state index in [1.165, 1.54) is 6.26 Å². The number of esters is 1. The molecule has 0 atom stereocenters. The van der Waals surface area contributed by atoms with E-state index in [0.717, 1.165) is 11.1 Å². The molecule has 5 nitrogen and oxygen atoms in total. The van der Waals surface area contributed by atoms with Crippen LogP contribution in [0.5, 0.6) is 0 Å². The molecule has 0 aliphatic rings. The Bertz CT molecular complexity index is 825. The molecule has 2 aromatic carbocycles. The lowest BCUT2D eigenvalue weighted by atomic mass is 10.1. The highest BCUT2D eigenvalue weighted by Crippen LogP contribution is 2.20. The zero-order valence-electron chi connectivity index (χ0n) is 12.7. The summed E-state index contributed by atoms with van der Waals surface area (Å²) in [6.45, 7) is 1.87. The van der Waals surface area contributed by atoms with E-state index in [1.54, 1.807) is 12.1 Å². The van der Waals surface area contributed by atoms with E-state index in [2.05, 4.69) is 4.98 Å². The molecule has 0 saturated carbocycles. The van der Waals surface area contributed by atoms with Gasteiger partial charge in [-0.2, -0.15) is 0 Å². The molecule has 2 N–H and O–H groups in total. The summed E-state index contributed by atoms with van der Waals surface area (Å²) in [5.41, 5.74) is 8.94. The number of oxazole rings is 1. The molecule has 0 saturated heterocycles. The molecular formula is C18H16N2O3. The summed E-state index contributed by atoms with van der Waals surface area (Å²) in [4.78, 5) is 16.4. The van der Waals surface area contributed by atoms with E-state index in [-0.39, 0.29) is 6.61 Å². The van der Waals surface area contributed by atoms with Gasteiger partial charge in [0.1, 0.15) is 18.6 Å². The van der Waals surface area contributed by atoms with Crippen LogP contribution in [0.2, 0.25) is 0 Å². The third-order valence-corrected chi connectivity index (χ3v) is 3.47. The molecule has 0 aliphatic heterocycles. The van der Waals surface area contributed by atoms with Gasteiger partial charge in [0.15, 0.2) is 0 Å². The summed E-state index contributed by atoms with van der Waals surface area (Å²) in [5.74, 6) is 0.0159. The third kappa shape index (κ3) is 3.23. The molecule has 1 aromatic heterocycles. The number of nitrogens with two attached hydrogens (primary N) is 1. The monoisotopic (exact) mass is 308 g/mol. The molecule has 0 radical (unpaired) electrons. The number of para-hydroxylation sites is 1. The Kier molecular flexibility index (Phi) is 4.10. The lowest BCUT2D eigenvalue weighted by Gasteiger charge is -2.07. The van der Waals surface area contributed by atoms with Crippen LogP contribution in [0.15, 0.2) is 59.2 Å². The second kappa shape index (κ2) is 6.36. The molecule has 23 heavy (non-hydrogen) atoms. The van der Waals surface area contributed by atoms with Crippen molar-refractivity contribution in [2.24, 2.45) is 0 Å². The van der Waals surface area contributed by atoms with Gasteiger partial charge in [-0.25, -0.2) is 9.78 Å². The summed E-state index contributed by atoms with van der Waals surface area (Å²) < 4.78 is 10.7. The van der Waals surface area contributed by atoms with Gasteiger partial charge in [-0.1, -0.05) is 30.3 Å². The maximum Gasteiger partial charge on any atom is 0.340 e. The van der Waals surface area contributed by atoms with Crippen LogP contribution in [0.1, 0.15) is 21.6 Å². The largest absolute Gasteiger partial charge is 0.455 e. The second-order valence-corrected chi connectivity index (χ2v) is 5.12. The number of aromatic nitrogens is 1. The Balaban J connectivity index is 1.68. The number of nitrogen functional groups attached to an aromatic ring is 1. The van der Waals surface area contributed by atoms with Crippen LogP contribution in [-0.4, -0.2) is 11.0 Å². The third-order valence-electron chi connectivity index (χ3n) is 3.47. The number of ether oxygens (including phenoxy) is 1. The van der Waals surface area contributed by atoms with Crippen molar-refractivity contribution in [2.75, 3.05) is 5.73 Å². The van der Waals surface area contributed by atoms with Crippen molar-refractivity contribution in [1.82, 2.24) is 4.98 Å². The number of rotatable bonds is 4. The predicted octanol–water partition coefficient (Wildman–Crippen LogP) is 3.59. The number of hydrogen-bond acceptors (Lipinski definition) is 5. The highest BCUT2D eigenvalue weighted by atomic mass is 16.5. The maximum atomic E-state index is 12.1. The summed E-state index contributed by atoms with van der Waals surface area (Å²) in [6.07, 6.45) is 1.48. The second-order valence-electron chi connectivity index (χ2n) is 5.12. The number of hydrogen-bond donors (Lipinski definition) is 1. The molecule has 0 amide bonds. The number of carbonyl (C=O) groups excluding carboxylic acids is 1. The summed E-state index contributed by atoms with van der Waals surface area (Å²) in [6, 6.07) is 14.8. The van der Waals surface area contributed by atoms with E-state index in [0.29, 0.717) is 22.8 Å².